The van der Waals surface area contributed by atoms with E-state index in [2.05, 4.69) is 15.9 Å². The van der Waals surface area contributed by atoms with E-state index in [0.717, 1.165) is 12.8 Å². The minimum absolute atomic E-state index is 0.0248. The second kappa shape index (κ2) is 6.32. The van der Waals surface area contributed by atoms with Gasteiger partial charge in [0.05, 0.1) is 6.61 Å². The van der Waals surface area contributed by atoms with Gasteiger partial charge in [0.25, 0.3) is 0 Å². The van der Waals surface area contributed by atoms with Crippen LogP contribution in [0.2, 0.25) is 0 Å². The van der Waals surface area contributed by atoms with Crippen molar-refractivity contribution in [2.24, 2.45) is 5.92 Å². The summed E-state index contributed by atoms with van der Waals surface area (Å²) in [5.74, 6) is -0.706. The number of halogens is 2. The normalized spacial score (nSPS) is 16.0. The first-order chi connectivity index (χ1) is 9.77. The fraction of sp³-hybridized carbons (Fsp3) is 0.571. The maximum absolute atomic E-state index is 14.3. The van der Waals surface area contributed by atoms with E-state index < -0.39 is 22.4 Å². The molecule has 1 aromatic rings. The Labute approximate surface area is 133 Å². The molecule has 1 saturated carbocycles. The number of hydrogen-bond acceptors (Lipinski definition) is 3. The van der Waals surface area contributed by atoms with E-state index in [4.69, 9.17) is 5.11 Å². The lowest BCUT2D eigenvalue weighted by atomic mass is 10.2. The smallest absolute Gasteiger partial charge is 0.246 e. The van der Waals surface area contributed by atoms with Gasteiger partial charge in [-0.3, -0.25) is 0 Å². The molecule has 1 aliphatic carbocycles. The van der Waals surface area contributed by atoms with Gasteiger partial charge >= 0.3 is 0 Å². The van der Waals surface area contributed by atoms with E-state index in [1.54, 1.807) is 0 Å². The van der Waals surface area contributed by atoms with E-state index in [1.165, 1.54) is 16.4 Å². The summed E-state index contributed by atoms with van der Waals surface area (Å²) in [5, 5.41) is 9.17. The molecule has 118 valence electrons. The van der Waals surface area contributed by atoms with Crippen LogP contribution < -0.4 is 0 Å². The van der Waals surface area contributed by atoms with Gasteiger partial charge in [-0.05, 0) is 30.9 Å². The van der Waals surface area contributed by atoms with Crippen LogP contribution in [0, 0.1) is 11.7 Å². The van der Waals surface area contributed by atoms with Crippen LogP contribution in [0.4, 0.5) is 4.39 Å². The van der Waals surface area contributed by atoms with Crippen LogP contribution in [0.5, 0.6) is 0 Å². The van der Waals surface area contributed by atoms with Crippen LogP contribution in [0.1, 0.15) is 32.3 Å². The molecule has 0 bridgehead atoms. The Bertz CT molecular complexity index is 629. The predicted molar refractivity (Wildman–Crippen MR) is 81.8 cm³/mol. The number of nitrogens with zero attached hydrogens (tertiary/aromatic N) is 1. The monoisotopic (exact) mass is 379 g/mol. The molecule has 1 aromatic carbocycles. The molecule has 0 spiro atoms. The van der Waals surface area contributed by atoms with Crippen LogP contribution in [0.25, 0.3) is 0 Å². The molecule has 0 atom stereocenters. The van der Waals surface area contributed by atoms with Crippen molar-refractivity contribution >= 4 is 26.0 Å². The van der Waals surface area contributed by atoms with Crippen molar-refractivity contribution in [3.8, 4) is 0 Å². The SMILES string of the molecule is CC(C)CN(C1CC1)S(=O)(=O)c1cc(Br)cc(CO)c1F. The molecule has 0 aliphatic heterocycles. The van der Waals surface area contributed by atoms with E-state index in [1.807, 2.05) is 13.8 Å². The predicted octanol–water partition coefficient (Wildman–Crippen LogP) is 2.89. The highest BCUT2D eigenvalue weighted by atomic mass is 79.9. The highest BCUT2D eigenvalue weighted by Gasteiger charge is 2.39. The maximum atomic E-state index is 14.3. The molecule has 1 fully saturated rings. The maximum Gasteiger partial charge on any atom is 0.246 e. The molecule has 0 amide bonds. The van der Waals surface area contributed by atoms with Gasteiger partial charge in [0.1, 0.15) is 10.7 Å². The molecule has 2 rings (SSSR count). The third-order valence-corrected chi connectivity index (χ3v) is 5.71. The van der Waals surface area contributed by atoms with Crippen molar-refractivity contribution < 1.29 is 17.9 Å². The average Bonchev–Trinajstić information content (AvgIpc) is 3.22. The van der Waals surface area contributed by atoms with E-state index in [0.29, 0.717) is 11.0 Å². The number of hydrogen-bond donors (Lipinski definition) is 1. The zero-order valence-corrected chi connectivity index (χ0v) is 14.4. The Morgan fingerprint density at radius 3 is 2.52 bits per heavy atom. The fourth-order valence-electron chi connectivity index (χ4n) is 2.21. The van der Waals surface area contributed by atoms with Crippen LogP contribution in [0.15, 0.2) is 21.5 Å². The molecule has 0 unspecified atom stereocenters. The molecule has 0 heterocycles. The van der Waals surface area contributed by atoms with Crippen LogP contribution in [0.3, 0.4) is 0 Å². The van der Waals surface area contributed by atoms with Crippen LogP contribution in [-0.2, 0) is 16.6 Å². The Morgan fingerprint density at radius 2 is 2.05 bits per heavy atom. The minimum atomic E-state index is -3.90. The van der Waals surface area contributed by atoms with Crippen LogP contribution in [-0.4, -0.2) is 30.4 Å². The Hall–Kier alpha value is -0.500. The van der Waals surface area contributed by atoms with Gasteiger partial charge in [0.2, 0.25) is 10.0 Å². The summed E-state index contributed by atoms with van der Waals surface area (Å²) in [6, 6.07) is 2.62. The summed E-state index contributed by atoms with van der Waals surface area (Å²) in [7, 11) is -3.90. The van der Waals surface area contributed by atoms with Gasteiger partial charge in [-0.1, -0.05) is 29.8 Å². The van der Waals surface area contributed by atoms with Crippen LogP contribution >= 0.6 is 15.9 Å². The summed E-state index contributed by atoms with van der Waals surface area (Å²) in [5.41, 5.74) is -0.0248. The van der Waals surface area contributed by atoms with Gasteiger partial charge in [-0.25, -0.2) is 12.8 Å². The van der Waals surface area contributed by atoms with Gasteiger partial charge in [-0.15, -0.1) is 0 Å². The van der Waals surface area contributed by atoms with Gasteiger partial charge in [0.15, 0.2) is 0 Å². The Morgan fingerprint density at radius 1 is 1.43 bits per heavy atom. The lowest BCUT2D eigenvalue weighted by Crippen LogP contribution is -2.36. The molecule has 1 aliphatic rings. The van der Waals surface area contributed by atoms with E-state index >= 15 is 0 Å². The molecule has 1 N–H and O–H groups in total. The largest absolute Gasteiger partial charge is 0.392 e. The van der Waals surface area contributed by atoms with Gasteiger partial charge in [-0.2, -0.15) is 4.31 Å². The minimum Gasteiger partial charge on any atom is -0.392 e. The standard InChI is InChI=1S/C14H19BrFNO3S/c1-9(2)7-17(12-3-4-12)21(19,20)13-6-11(15)5-10(8-18)14(13)16/h5-6,9,12,18H,3-4,7-8H2,1-2H3. The molecule has 21 heavy (non-hydrogen) atoms. The van der Waals surface area contributed by atoms with Crippen molar-refractivity contribution in [2.45, 2.75) is 44.2 Å². The number of rotatable bonds is 6. The second-order valence-corrected chi connectivity index (χ2v) is 8.51. The molecule has 0 saturated heterocycles. The number of aliphatic hydroxyl groups is 1. The average molecular weight is 380 g/mol. The quantitative estimate of drug-likeness (QED) is 0.826. The molecule has 7 heteroatoms. The summed E-state index contributed by atoms with van der Waals surface area (Å²) in [6.45, 7) is 3.69. The van der Waals surface area contributed by atoms with Crippen molar-refractivity contribution in [3.63, 3.8) is 0 Å². The highest BCUT2D eigenvalue weighted by Crippen LogP contribution is 2.35. The first-order valence-corrected chi connectivity index (χ1v) is 9.11. The molecular formula is C14H19BrFNO3S. The number of sulfonamides is 1. The zero-order chi connectivity index (χ0) is 15.8. The number of aliphatic hydroxyl groups excluding tert-OH is 1. The molecule has 0 radical (unpaired) electrons. The molecule has 4 nitrogen and oxygen atoms in total. The van der Waals surface area contributed by atoms with Crippen molar-refractivity contribution in [1.82, 2.24) is 4.31 Å². The highest BCUT2D eigenvalue weighted by molar-refractivity contribution is 9.10. The van der Waals surface area contributed by atoms with Crippen molar-refractivity contribution in [1.29, 1.82) is 0 Å². The molecular weight excluding hydrogens is 361 g/mol. The zero-order valence-electron chi connectivity index (χ0n) is 12.0. The third kappa shape index (κ3) is 3.64. The van der Waals surface area contributed by atoms with Gasteiger partial charge < -0.3 is 5.11 Å². The van der Waals surface area contributed by atoms with Crippen molar-refractivity contribution in [2.75, 3.05) is 6.54 Å². The lowest BCUT2D eigenvalue weighted by molar-refractivity contribution is 0.274. The summed E-state index contributed by atoms with van der Waals surface area (Å²) in [4.78, 5) is -0.367. The third-order valence-electron chi connectivity index (χ3n) is 3.34. The summed E-state index contributed by atoms with van der Waals surface area (Å²) < 4.78 is 41.7. The van der Waals surface area contributed by atoms with E-state index in [9.17, 15) is 12.8 Å². The first-order valence-electron chi connectivity index (χ1n) is 6.88. The van der Waals surface area contributed by atoms with Gasteiger partial charge in [0, 0.05) is 22.6 Å². The van der Waals surface area contributed by atoms with E-state index in [-0.39, 0.29) is 22.4 Å². The Kier molecular flexibility index (Phi) is 5.07. The fourth-order valence-corrected chi connectivity index (χ4v) is 4.85. The second-order valence-electron chi connectivity index (χ2n) is 5.73. The first kappa shape index (κ1) is 16.9. The molecule has 0 aromatic heterocycles. The number of benzene rings is 1. The lowest BCUT2D eigenvalue weighted by Gasteiger charge is -2.24. The summed E-state index contributed by atoms with van der Waals surface area (Å²) in [6.07, 6.45) is 1.63. The summed E-state index contributed by atoms with van der Waals surface area (Å²) >= 11 is 3.17. The topological polar surface area (TPSA) is 57.6 Å². The van der Waals surface area contributed by atoms with Crippen molar-refractivity contribution in [3.05, 3.63) is 28.0 Å². The Balaban J connectivity index is 2.49.